The van der Waals surface area contributed by atoms with E-state index in [1.165, 1.54) is 111 Å². The number of anilines is 3. The van der Waals surface area contributed by atoms with Gasteiger partial charge >= 0.3 is 0 Å². The van der Waals surface area contributed by atoms with Crippen molar-refractivity contribution in [2.24, 2.45) is 0 Å². The molecule has 0 amide bonds. The van der Waals surface area contributed by atoms with Gasteiger partial charge in [0.25, 0.3) is 0 Å². The Morgan fingerprint density at radius 2 is 0.693 bits per heavy atom. The van der Waals surface area contributed by atoms with Crippen molar-refractivity contribution in [2.75, 3.05) is 4.90 Å². The first-order valence-electron chi connectivity index (χ1n) is 26.2. The average Bonchev–Trinajstić information content (AvgIpc) is 3.91. The largest absolute Gasteiger partial charge is 0.310 e. The van der Waals surface area contributed by atoms with E-state index in [9.17, 15) is 0 Å². The fraction of sp³-hybridized carbons (Fsp3) is 0.0541. The Balaban J connectivity index is 0.864. The van der Waals surface area contributed by atoms with Crippen molar-refractivity contribution in [1.29, 1.82) is 0 Å². The minimum atomic E-state index is -0.522. The van der Waals surface area contributed by atoms with Crippen LogP contribution < -0.4 is 4.90 Å². The van der Waals surface area contributed by atoms with Gasteiger partial charge in [-0.25, -0.2) is 0 Å². The summed E-state index contributed by atoms with van der Waals surface area (Å²) in [5.41, 5.74) is 25.4. The Morgan fingerprint density at radius 1 is 0.253 bits per heavy atom. The third-order valence-corrected chi connectivity index (χ3v) is 16.3. The standard InChI is InChI=1S/C74H53N/c1-73(2)69-29-13-11-26-66(69)68-28-16-27-64(72(68)73)54-39-43-62(44-40-54)75(63-45-46-67-65-25-12-14-30-70(65)74(71(67)49-63,59-21-5-3-6-22-59)60-23-7-4-8-24-60)61-41-37-52(38-42-61)51-31-33-53(34-32-51)56-19-15-20-57(47-56)58-36-35-50-17-9-10-18-55(50)48-58/h3-49H,1-2H3. The van der Waals surface area contributed by atoms with Gasteiger partial charge in [0.05, 0.1) is 5.41 Å². The maximum atomic E-state index is 2.47. The molecule has 0 atom stereocenters. The molecule has 0 aromatic heterocycles. The summed E-state index contributed by atoms with van der Waals surface area (Å²) < 4.78 is 0. The van der Waals surface area contributed by atoms with Crippen LogP contribution in [-0.4, -0.2) is 0 Å². The number of nitrogens with zero attached hydrogens (tertiary/aromatic N) is 1. The van der Waals surface area contributed by atoms with Crippen LogP contribution in [0.25, 0.3) is 77.5 Å². The smallest absolute Gasteiger partial charge is 0.0714 e. The fourth-order valence-electron chi connectivity index (χ4n) is 12.8. The van der Waals surface area contributed by atoms with Crippen molar-refractivity contribution in [3.05, 3.63) is 318 Å². The molecule has 0 fully saturated rings. The molecule has 0 saturated heterocycles. The summed E-state index contributed by atoms with van der Waals surface area (Å²) in [5.74, 6) is 0. The van der Waals surface area contributed by atoms with Gasteiger partial charge < -0.3 is 4.90 Å². The van der Waals surface area contributed by atoms with Crippen LogP contribution in [0.4, 0.5) is 17.1 Å². The number of rotatable bonds is 9. The lowest BCUT2D eigenvalue weighted by atomic mass is 9.67. The third-order valence-electron chi connectivity index (χ3n) is 16.3. The molecule has 0 heterocycles. The minimum absolute atomic E-state index is 0.120. The fourth-order valence-corrected chi connectivity index (χ4v) is 12.8. The van der Waals surface area contributed by atoms with Crippen molar-refractivity contribution in [1.82, 2.24) is 0 Å². The van der Waals surface area contributed by atoms with E-state index in [-0.39, 0.29) is 5.41 Å². The van der Waals surface area contributed by atoms with E-state index in [2.05, 4.69) is 304 Å². The zero-order valence-corrected chi connectivity index (χ0v) is 42.1. The molecule has 354 valence electrons. The van der Waals surface area contributed by atoms with E-state index < -0.39 is 5.41 Å². The van der Waals surface area contributed by atoms with E-state index in [0.717, 1.165) is 17.1 Å². The molecule has 0 unspecified atom stereocenters. The van der Waals surface area contributed by atoms with Crippen molar-refractivity contribution in [2.45, 2.75) is 24.7 Å². The molecule has 12 aromatic carbocycles. The van der Waals surface area contributed by atoms with E-state index in [1.807, 2.05) is 0 Å². The summed E-state index contributed by atoms with van der Waals surface area (Å²) in [6.07, 6.45) is 0. The van der Waals surface area contributed by atoms with E-state index in [4.69, 9.17) is 0 Å². The molecule has 1 heteroatoms. The van der Waals surface area contributed by atoms with Crippen LogP contribution in [0, 0.1) is 0 Å². The first-order chi connectivity index (χ1) is 36.9. The average molecular weight is 956 g/mol. The van der Waals surface area contributed by atoms with Crippen molar-refractivity contribution in [3.63, 3.8) is 0 Å². The Kier molecular flexibility index (Phi) is 10.5. The molecule has 14 rings (SSSR count). The topological polar surface area (TPSA) is 3.24 Å². The lowest BCUT2D eigenvalue weighted by molar-refractivity contribution is 0.662. The predicted octanol–water partition coefficient (Wildman–Crippen LogP) is 19.6. The highest BCUT2D eigenvalue weighted by Crippen LogP contribution is 2.58. The first-order valence-corrected chi connectivity index (χ1v) is 26.2. The number of hydrogen-bond acceptors (Lipinski definition) is 1. The van der Waals surface area contributed by atoms with Crippen LogP contribution in [-0.2, 0) is 10.8 Å². The highest BCUT2D eigenvalue weighted by molar-refractivity contribution is 5.92. The number of fused-ring (bicyclic) bond motifs is 7. The second-order valence-electron chi connectivity index (χ2n) is 20.8. The summed E-state index contributed by atoms with van der Waals surface area (Å²) >= 11 is 0. The monoisotopic (exact) mass is 955 g/mol. The van der Waals surface area contributed by atoms with Crippen LogP contribution in [0.15, 0.2) is 285 Å². The Bertz CT molecular complexity index is 4070. The summed E-state index contributed by atoms with van der Waals surface area (Å²) in [6, 6.07) is 106. The van der Waals surface area contributed by atoms with Gasteiger partial charge in [-0.2, -0.15) is 0 Å². The lowest BCUT2D eigenvalue weighted by Gasteiger charge is -2.35. The van der Waals surface area contributed by atoms with Crippen molar-refractivity contribution >= 4 is 27.8 Å². The van der Waals surface area contributed by atoms with Crippen LogP contribution in [0.5, 0.6) is 0 Å². The normalized spacial score (nSPS) is 13.4. The van der Waals surface area contributed by atoms with Gasteiger partial charge in [-0.1, -0.05) is 250 Å². The molecule has 0 radical (unpaired) electrons. The van der Waals surface area contributed by atoms with Gasteiger partial charge in [0, 0.05) is 22.5 Å². The zero-order valence-electron chi connectivity index (χ0n) is 42.1. The summed E-state index contributed by atoms with van der Waals surface area (Å²) in [6.45, 7) is 4.75. The zero-order chi connectivity index (χ0) is 50.1. The lowest BCUT2D eigenvalue weighted by Crippen LogP contribution is -2.28. The molecule has 2 aliphatic carbocycles. The van der Waals surface area contributed by atoms with Crippen LogP contribution >= 0.6 is 0 Å². The summed E-state index contributed by atoms with van der Waals surface area (Å²) in [7, 11) is 0. The number of hydrogen-bond donors (Lipinski definition) is 0. The highest BCUT2D eigenvalue weighted by Gasteiger charge is 2.46. The molecule has 0 aliphatic heterocycles. The third kappa shape index (κ3) is 7.22. The first kappa shape index (κ1) is 44.4. The van der Waals surface area contributed by atoms with Crippen molar-refractivity contribution in [3.8, 4) is 66.8 Å². The predicted molar refractivity (Wildman–Crippen MR) is 315 cm³/mol. The molecular formula is C74H53N. The Morgan fingerprint density at radius 3 is 1.36 bits per heavy atom. The second-order valence-corrected chi connectivity index (χ2v) is 20.8. The highest BCUT2D eigenvalue weighted by atomic mass is 15.1. The van der Waals surface area contributed by atoms with E-state index in [1.54, 1.807) is 0 Å². The van der Waals surface area contributed by atoms with Gasteiger partial charge in [-0.15, -0.1) is 0 Å². The summed E-state index contributed by atoms with van der Waals surface area (Å²) in [5, 5.41) is 2.51. The number of benzene rings is 12. The Labute approximate surface area is 440 Å². The molecule has 2 aliphatic rings. The maximum Gasteiger partial charge on any atom is 0.0714 e. The molecule has 1 nitrogen and oxygen atoms in total. The van der Waals surface area contributed by atoms with Gasteiger partial charge in [0.2, 0.25) is 0 Å². The molecule has 0 spiro atoms. The maximum absolute atomic E-state index is 2.47. The molecular weight excluding hydrogens is 903 g/mol. The molecule has 0 bridgehead atoms. The van der Waals surface area contributed by atoms with Gasteiger partial charge in [-0.3, -0.25) is 0 Å². The Hall–Kier alpha value is -9.30. The van der Waals surface area contributed by atoms with Crippen LogP contribution in [0.2, 0.25) is 0 Å². The van der Waals surface area contributed by atoms with Crippen molar-refractivity contribution < 1.29 is 0 Å². The van der Waals surface area contributed by atoms with Gasteiger partial charge in [0.1, 0.15) is 0 Å². The van der Waals surface area contributed by atoms with Crippen LogP contribution in [0.1, 0.15) is 47.2 Å². The molecule has 75 heavy (non-hydrogen) atoms. The second kappa shape index (κ2) is 17.7. The minimum Gasteiger partial charge on any atom is -0.310 e. The van der Waals surface area contributed by atoms with E-state index in [0.29, 0.717) is 0 Å². The molecule has 12 aromatic rings. The molecule has 0 saturated carbocycles. The molecule has 0 N–H and O–H groups in total. The van der Waals surface area contributed by atoms with Crippen LogP contribution in [0.3, 0.4) is 0 Å². The summed E-state index contributed by atoms with van der Waals surface area (Å²) in [4.78, 5) is 2.44. The quantitative estimate of drug-likeness (QED) is 0.139. The van der Waals surface area contributed by atoms with E-state index >= 15 is 0 Å². The SMILES string of the molecule is CC1(C)c2ccccc2-c2cccc(-c3ccc(N(c4ccc(-c5ccc(-c6cccc(-c7ccc8ccccc8c7)c6)cc5)cc4)c4ccc5c(c4)C(c4ccccc4)(c4ccccc4)c4ccccc4-5)cc3)c21. The van der Waals surface area contributed by atoms with Gasteiger partial charge in [-0.05, 0) is 159 Å². The van der Waals surface area contributed by atoms with Gasteiger partial charge in [0.15, 0.2) is 0 Å².